The van der Waals surface area contributed by atoms with Crippen molar-refractivity contribution >= 4 is 33.3 Å². The van der Waals surface area contributed by atoms with E-state index in [1.807, 2.05) is 13.0 Å². The molecule has 1 saturated heterocycles. The number of fused-ring (bicyclic) bond motifs is 1. The van der Waals surface area contributed by atoms with E-state index in [4.69, 9.17) is 9.72 Å². The summed E-state index contributed by atoms with van der Waals surface area (Å²) in [6.45, 7) is 5.56. The minimum absolute atomic E-state index is 0.187. The molecule has 1 aromatic carbocycles. The van der Waals surface area contributed by atoms with Gasteiger partial charge in [0.05, 0.1) is 19.0 Å². The number of methoxy groups -OCH3 is 1. The van der Waals surface area contributed by atoms with Crippen LogP contribution >= 0.6 is 11.3 Å². The molecule has 27 heavy (non-hydrogen) atoms. The number of anilines is 1. The van der Waals surface area contributed by atoms with Crippen molar-refractivity contribution < 1.29 is 9.53 Å². The molecule has 2 aromatic heterocycles. The number of hydrogen-bond donors (Lipinski definition) is 0. The van der Waals surface area contributed by atoms with Gasteiger partial charge in [0, 0.05) is 37.1 Å². The Morgan fingerprint density at radius 2 is 1.89 bits per heavy atom. The fourth-order valence-corrected chi connectivity index (χ4v) is 4.44. The maximum atomic E-state index is 11.5. The van der Waals surface area contributed by atoms with Crippen molar-refractivity contribution in [2.45, 2.75) is 6.92 Å². The molecule has 0 atom stereocenters. The summed E-state index contributed by atoms with van der Waals surface area (Å²) in [6, 6.07) is 10.4. The van der Waals surface area contributed by atoms with Crippen molar-refractivity contribution in [3.8, 4) is 11.1 Å². The lowest BCUT2D eigenvalue weighted by Crippen LogP contribution is -2.48. The van der Waals surface area contributed by atoms with Crippen molar-refractivity contribution in [3.63, 3.8) is 0 Å². The third-order valence-electron chi connectivity index (χ3n) is 4.86. The molecule has 0 bridgehead atoms. The molecule has 1 fully saturated rings. The zero-order valence-electron chi connectivity index (χ0n) is 15.5. The van der Waals surface area contributed by atoms with E-state index in [9.17, 15) is 4.79 Å². The van der Waals surface area contributed by atoms with Gasteiger partial charge in [0.15, 0.2) is 0 Å². The van der Waals surface area contributed by atoms with Crippen molar-refractivity contribution in [2.75, 3.05) is 44.7 Å². The maximum absolute atomic E-state index is 11.5. The normalized spacial score (nSPS) is 15.3. The molecule has 3 aromatic rings. The third-order valence-corrected chi connectivity index (χ3v) is 5.74. The van der Waals surface area contributed by atoms with Crippen LogP contribution < -0.4 is 4.90 Å². The predicted molar refractivity (Wildman–Crippen MR) is 108 cm³/mol. The Hall–Kier alpha value is -2.51. The molecule has 3 heterocycles. The van der Waals surface area contributed by atoms with Gasteiger partial charge in [-0.05, 0) is 12.5 Å². The van der Waals surface area contributed by atoms with Crippen LogP contribution in [-0.2, 0) is 9.53 Å². The topological polar surface area (TPSA) is 58.6 Å². The lowest BCUT2D eigenvalue weighted by atomic mass is 10.1. The van der Waals surface area contributed by atoms with Crippen LogP contribution in [0.25, 0.3) is 21.3 Å². The van der Waals surface area contributed by atoms with E-state index in [0.717, 1.165) is 48.0 Å². The van der Waals surface area contributed by atoms with E-state index < -0.39 is 0 Å². The zero-order valence-corrected chi connectivity index (χ0v) is 16.3. The van der Waals surface area contributed by atoms with Crippen LogP contribution in [-0.4, -0.2) is 60.7 Å². The Bertz CT molecular complexity index is 949. The highest BCUT2D eigenvalue weighted by Gasteiger charge is 2.24. The van der Waals surface area contributed by atoms with E-state index >= 15 is 0 Å². The minimum Gasteiger partial charge on any atom is -0.468 e. The standard InChI is InChI=1S/C20H22N4O2S/c1-14-21-19(24-10-8-23(9-11-24)12-17(25)26-2)18-16(13-27-20(18)22-14)15-6-4-3-5-7-15/h3-7,13H,8-12H2,1-2H3. The van der Waals surface area contributed by atoms with E-state index in [1.54, 1.807) is 11.3 Å². The summed E-state index contributed by atoms with van der Waals surface area (Å²) >= 11 is 1.66. The predicted octanol–water partition coefficient (Wildman–Crippen LogP) is 2.96. The Morgan fingerprint density at radius 3 is 2.59 bits per heavy atom. The molecule has 0 saturated carbocycles. The number of rotatable bonds is 4. The molecule has 4 rings (SSSR count). The van der Waals surface area contributed by atoms with Gasteiger partial charge in [0.1, 0.15) is 16.5 Å². The molecular weight excluding hydrogens is 360 g/mol. The summed E-state index contributed by atoms with van der Waals surface area (Å²) < 4.78 is 4.78. The van der Waals surface area contributed by atoms with Gasteiger partial charge in [0.2, 0.25) is 0 Å². The van der Waals surface area contributed by atoms with Crippen LogP contribution in [0.1, 0.15) is 5.82 Å². The van der Waals surface area contributed by atoms with E-state index in [0.29, 0.717) is 6.54 Å². The first-order valence-corrected chi connectivity index (χ1v) is 9.89. The Kier molecular flexibility index (Phi) is 5.05. The molecule has 0 radical (unpaired) electrons. The number of thiophene rings is 1. The lowest BCUT2D eigenvalue weighted by molar-refractivity contribution is -0.142. The average Bonchev–Trinajstić information content (AvgIpc) is 3.12. The second-order valence-electron chi connectivity index (χ2n) is 6.63. The second kappa shape index (κ2) is 7.62. The molecule has 0 spiro atoms. The van der Waals surface area contributed by atoms with Gasteiger partial charge in [-0.2, -0.15) is 0 Å². The third kappa shape index (κ3) is 3.65. The Morgan fingerprint density at radius 1 is 1.15 bits per heavy atom. The van der Waals surface area contributed by atoms with Gasteiger partial charge in [-0.25, -0.2) is 9.97 Å². The smallest absolute Gasteiger partial charge is 0.319 e. The molecule has 0 unspecified atom stereocenters. The SMILES string of the molecule is COC(=O)CN1CCN(c2nc(C)nc3scc(-c4ccccc4)c23)CC1. The van der Waals surface area contributed by atoms with E-state index in [2.05, 4.69) is 44.4 Å². The first kappa shape index (κ1) is 17.9. The molecule has 140 valence electrons. The van der Waals surface area contributed by atoms with Crippen molar-refractivity contribution in [1.29, 1.82) is 0 Å². The van der Waals surface area contributed by atoms with E-state index in [-0.39, 0.29) is 5.97 Å². The number of carbonyl (C=O) groups is 1. The highest BCUT2D eigenvalue weighted by molar-refractivity contribution is 7.17. The number of benzene rings is 1. The first-order chi connectivity index (χ1) is 13.2. The fraction of sp³-hybridized carbons (Fsp3) is 0.350. The van der Waals surface area contributed by atoms with Gasteiger partial charge in [-0.3, -0.25) is 9.69 Å². The quantitative estimate of drug-likeness (QED) is 0.647. The van der Waals surface area contributed by atoms with Gasteiger partial charge in [-0.1, -0.05) is 30.3 Å². The lowest BCUT2D eigenvalue weighted by Gasteiger charge is -2.35. The van der Waals surface area contributed by atoms with Gasteiger partial charge in [-0.15, -0.1) is 11.3 Å². The monoisotopic (exact) mass is 382 g/mol. The first-order valence-electron chi connectivity index (χ1n) is 9.01. The largest absolute Gasteiger partial charge is 0.468 e. The van der Waals surface area contributed by atoms with Gasteiger partial charge < -0.3 is 9.64 Å². The minimum atomic E-state index is -0.187. The van der Waals surface area contributed by atoms with Crippen molar-refractivity contribution in [2.24, 2.45) is 0 Å². The maximum Gasteiger partial charge on any atom is 0.319 e. The summed E-state index contributed by atoms with van der Waals surface area (Å²) in [7, 11) is 1.43. The van der Waals surface area contributed by atoms with Crippen LogP contribution in [0.15, 0.2) is 35.7 Å². The van der Waals surface area contributed by atoms with Gasteiger partial charge >= 0.3 is 5.97 Å². The van der Waals surface area contributed by atoms with Crippen molar-refractivity contribution in [3.05, 3.63) is 41.5 Å². The number of hydrogen-bond acceptors (Lipinski definition) is 7. The number of ether oxygens (including phenoxy) is 1. The number of piperazine rings is 1. The molecule has 0 aliphatic carbocycles. The van der Waals surface area contributed by atoms with Crippen LogP contribution in [0.2, 0.25) is 0 Å². The Labute approximate surface area is 162 Å². The van der Waals surface area contributed by atoms with Crippen LogP contribution in [0.4, 0.5) is 5.82 Å². The molecular formula is C20H22N4O2S. The van der Waals surface area contributed by atoms with Crippen LogP contribution in [0, 0.1) is 6.92 Å². The molecule has 0 N–H and O–H groups in total. The Balaban J connectivity index is 1.66. The number of carbonyl (C=O) groups excluding carboxylic acids is 1. The zero-order chi connectivity index (χ0) is 18.8. The van der Waals surface area contributed by atoms with Crippen LogP contribution in [0.3, 0.4) is 0 Å². The fourth-order valence-electron chi connectivity index (χ4n) is 3.45. The summed E-state index contributed by atoms with van der Waals surface area (Å²) in [5, 5.41) is 3.30. The average molecular weight is 382 g/mol. The molecule has 0 amide bonds. The summed E-state index contributed by atoms with van der Waals surface area (Å²) in [5.74, 6) is 1.60. The number of esters is 1. The van der Waals surface area contributed by atoms with Crippen molar-refractivity contribution in [1.82, 2.24) is 14.9 Å². The number of aryl methyl sites for hydroxylation is 1. The molecule has 7 heteroatoms. The molecule has 6 nitrogen and oxygen atoms in total. The molecule has 1 aliphatic heterocycles. The van der Waals surface area contributed by atoms with Gasteiger partial charge in [0.25, 0.3) is 0 Å². The summed E-state index contributed by atoms with van der Waals surface area (Å²) in [5.41, 5.74) is 2.37. The summed E-state index contributed by atoms with van der Waals surface area (Å²) in [4.78, 5) is 26.4. The summed E-state index contributed by atoms with van der Waals surface area (Å²) in [6.07, 6.45) is 0. The second-order valence-corrected chi connectivity index (χ2v) is 7.49. The molecule has 1 aliphatic rings. The number of aromatic nitrogens is 2. The highest BCUT2D eigenvalue weighted by atomic mass is 32.1. The number of nitrogens with zero attached hydrogens (tertiary/aromatic N) is 4. The van der Waals surface area contributed by atoms with Crippen LogP contribution in [0.5, 0.6) is 0 Å². The van der Waals surface area contributed by atoms with E-state index in [1.165, 1.54) is 18.2 Å². The highest BCUT2D eigenvalue weighted by Crippen LogP contribution is 2.38.